The summed E-state index contributed by atoms with van der Waals surface area (Å²) in [5, 5.41) is 2.92. The van der Waals surface area contributed by atoms with Crippen molar-refractivity contribution in [2.75, 3.05) is 5.32 Å². The predicted molar refractivity (Wildman–Crippen MR) is 122 cm³/mol. The lowest BCUT2D eigenvalue weighted by Crippen LogP contribution is -2.14. The van der Waals surface area contributed by atoms with Crippen molar-refractivity contribution < 1.29 is 4.79 Å². The Morgan fingerprint density at radius 1 is 1.00 bits per heavy atom. The number of nitrogens with zero attached hydrogens (tertiary/aromatic N) is 1. The van der Waals surface area contributed by atoms with E-state index in [4.69, 9.17) is 0 Å². The van der Waals surface area contributed by atoms with E-state index < -0.39 is 0 Å². The molecule has 3 aromatic carbocycles. The Hall–Kier alpha value is -3.38. The van der Waals surface area contributed by atoms with Crippen LogP contribution in [0.5, 0.6) is 0 Å². The minimum absolute atomic E-state index is 0.0499. The van der Waals surface area contributed by atoms with Gasteiger partial charge in [0.05, 0.1) is 17.5 Å². The van der Waals surface area contributed by atoms with Gasteiger partial charge in [0, 0.05) is 16.3 Å². The van der Waals surface area contributed by atoms with E-state index in [0.29, 0.717) is 17.9 Å². The first-order valence-electron chi connectivity index (χ1n) is 9.63. The highest BCUT2D eigenvalue weighted by Gasteiger charge is 2.07. The first-order valence-corrected chi connectivity index (χ1v) is 10.6. The molecule has 0 spiro atoms. The molecule has 0 aliphatic carbocycles. The van der Waals surface area contributed by atoms with E-state index in [1.807, 2.05) is 79.7 Å². The molecule has 4 rings (SSSR count). The van der Waals surface area contributed by atoms with Crippen molar-refractivity contribution in [2.45, 2.75) is 24.0 Å². The van der Waals surface area contributed by atoms with Crippen LogP contribution in [0.25, 0.3) is 11.0 Å². The zero-order valence-corrected chi connectivity index (χ0v) is 17.3. The van der Waals surface area contributed by atoms with Gasteiger partial charge in [-0.2, -0.15) is 0 Å². The summed E-state index contributed by atoms with van der Waals surface area (Å²) in [6.07, 6.45) is 0.340. The summed E-state index contributed by atoms with van der Waals surface area (Å²) in [5.41, 5.74) is 4.75. The number of carbonyl (C=O) groups excluding carboxylic acids is 1. The average molecular weight is 416 g/mol. The molecular formula is C24H21N3O2S. The third-order valence-corrected chi connectivity index (χ3v) is 5.69. The van der Waals surface area contributed by atoms with Gasteiger partial charge in [-0.1, -0.05) is 42.0 Å². The highest BCUT2D eigenvalue weighted by Crippen LogP contribution is 2.23. The molecular weight excluding hydrogens is 394 g/mol. The van der Waals surface area contributed by atoms with Crippen LogP contribution in [-0.2, 0) is 17.0 Å². The number of thioether (sulfide) groups is 1. The van der Waals surface area contributed by atoms with Gasteiger partial charge >= 0.3 is 0 Å². The lowest BCUT2D eigenvalue weighted by atomic mass is 10.1. The number of para-hydroxylation sites is 2. The summed E-state index contributed by atoms with van der Waals surface area (Å²) in [6.45, 7) is 2.02. The number of amides is 1. The monoisotopic (exact) mass is 415 g/mol. The molecule has 0 fully saturated rings. The Kier molecular flexibility index (Phi) is 5.95. The van der Waals surface area contributed by atoms with E-state index in [1.54, 1.807) is 0 Å². The van der Waals surface area contributed by atoms with Crippen LogP contribution in [-0.4, -0.2) is 15.9 Å². The Balaban J connectivity index is 1.35. The molecule has 0 saturated carbocycles. The second-order valence-electron chi connectivity index (χ2n) is 7.05. The van der Waals surface area contributed by atoms with Gasteiger partial charge in [-0.25, -0.2) is 4.98 Å². The van der Waals surface area contributed by atoms with Crippen molar-refractivity contribution in [3.63, 3.8) is 0 Å². The zero-order chi connectivity index (χ0) is 20.9. The van der Waals surface area contributed by atoms with Crippen molar-refractivity contribution in [2.24, 2.45) is 0 Å². The molecule has 6 heteroatoms. The van der Waals surface area contributed by atoms with Crippen molar-refractivity contribution in [1.29, 1.82) is 0 Å². The molecule has 4 aromatic rings. The van der Waals surface area contributed by atoms with Crippen molar-refractivity contribution >= 4 is 34.4 Å². The van der Waals surface area contributed by atoms with Crippen LogP contribution in [0.3, 0.4) is 0 Å². The number of rotatable bonds is 6. The molecule has 0 unspecified atom stereocenters. The molecule has 0 aliphatic rings. The SMILES string of the molecule is Cc1ccc(CC(=O)Nc2ccc(SCc3nc4ccccc4[nH]c3=O)cc2)cc1. The van der Waals surface area contributed by atoms with E-state index >= 15 is 0 Å². The second-order valence-corrected chi connectivity index (χ2v) is 8.10. The minimum Gasteiger partial charge on any atom is -0.326 e. The van der Waals surface area contributed by atoms with E-state index in [1.165, 1.54) is 17.3 Å². The third-order valence-electron chi connectivity index (χ3n) is 4.67. The average Bonchev–Trinajstić information content (AvgIpc) is 2.75. The number of hydrogen-bond acceptors (Lipinski definition) is 4. The molecule has 30 heavy (non-hydrogen) atoms. The Labute approximate surface area is 178 Å². The summed E-state index contributed by atoms with van der Waals surface area (Å²) >= 11 is 1.53. The van der Waals surface area contributed by atoms with Gasteiger partial charge in [0.2, 0.25) is 5.91 Å². The van der Waals surface area contributed by atoms with Gasteiger partial charge in [-0.05, 0) is 48.9 Å². The molecule has 1 heterocycles. The third kappa shape index (κ3) is 4.96. The summed E-state index contributed by atoms with van der Waals surface area (Å²) < 4.78 is 0. The van der Waals surface area contributed by atoms with Gasteiger partial charge in [0.15, 0.2) is 0 Å². The van der Waals surface area contributed by atoms with Crippen molar-refractivity contribution in [3.05, 3.63) is 100.0 Å². The summed E-state index contributed by atoms with van der Waals surface area (Å²) in [5.74, 6) is 0.422. The highest BCUT2D eigenvalue weighted by atomic mass is 32.2. The maximum absolute atomic E-state index is 12.2. The van der Waals surface area contributed by atoms with Crippen LogP contribution < -0.4 is 10.9 Å². The molecule has 2 N–H and O–H groups in total. The van der Waals surface area contributed by atoms with Crippen LogP contribution in [0.1, 0.15) is 16.8 Å². The number of nitrogens with one attached hydrogen (secondary N) is 2. The van der Waals surface area contributed by atoms with Gasteiger partial charge in [-0.3, -0.25) is 9.59 Å². The van der Waals surface area contributed by atoms with Gasteiger partial charge in [-0.15, -0.1) is 11.8 Å². The smallest absolute Gasteiger partial charge is 0.271 e. The van der Waals surface area contributed by atoms with E-state index in [2.05, 4.69) is 15.3 Å². The number of fused-ring (bicyclic) bond motifs is 1. The lowest BCUT2D eigenvalue weighted by molar-refractivity contribution is -0.115. The second kappa shape index (κ2) is 8.97. The van der Waals surface area contributed by atoms with E-state index in [-0.39, 0.29) is 11.5 Å². The van der Waals surface area contributed by atoms with Crippen molar-refractivity contribution in [1.82, 2.24) is 9.97 Å². The lowest BCUT2D eigenvalue weighted by Gasteiger charge is -2.07. The van der Waals surface area contributed by atoms with Gasteiger partial charge < -0.3 is 10.3 Å². The van der Waals surface area contributed by atoms with Crippen molar-refractivity contribution in [3.8, 4) is 0 Å². The van der Waals surface area contributed by atoms with Gasteiger partial charge in [0.1, 0.15) is 5.69 Å². The molecule has 0 atom stereocenters. The molecule has 1 aromatic heterocycles. The van der Waals surface area contributed by atoms with E-state index in [0.717, 1.165) is 27.2 Å². The normalized spacial score (nSPS) is 10.8. The Morgan fingerprint density at radius 2 is 1.73 bits per heavy atom. The fraction of sp³-hybridized carbons (Fsp3) is 0.125. The Bertz CT molecular complexity index is 1230. The molecule has 0 bridgehead atoms. The topological polar surface area (TPSA) is 74.8 Å². The largest absolute Gasteiger partial charge is 0.326 e. The van der Waals surface area contributed by atoms with Gasteiger partial charge in [0.25, 0.3) is 5.56 Å². The Morgan fingerprint density at radius 3 is 2.50 bits per heavy atom. The maximum atomic E-state index is 12.2. The first-order chi connectivity index (χ1) is 14.6. The van der Waals surface area contributed by atoms with Crippen LogP contribution in [0.4, 0.5) is 5.69 Å². The number of benzene rings is 3. The molecule has 1 amide bonds. The quantitative estimate of drug-likeness (QED) is 0.448. The molecule has 0 aliphatic heterocycles. The first kappa shape index (κ1) is 19.9. The number of aromatic nitrogens is 2. The number of aromatic amines is 1. The molecule has 0 saturated heterocycles. The zero-order valence-electron chi connectivity index (χ0n) is 16.5. The fourth-order valence-electron chi connectivity index (χ4n) is 3.05. The van der Waals surface area contributed by atoms with Crippen LogP contribution >= 0.6 is 11.8 Å². The minimum atomic E-state index is -0.166. The highest BCUT2D eigenvalue weighted by molar-refractivity contribution is 7.98. The van der Waals surface area contributed by atoms with Crippen LogP contribution in [0.15, 0.2) is 82.5 Å². The van der Waals surface area contributed by atoms with E-state index in [9.17, 15) is 9.59 Å². The molecule has 0 radical (unpaired) electrons. The van der Waals surface area contributed by atoms with Crippen LogP contribution in [0, 0.1) is 6.92 Å². The summed E-state index contributed by atoms with van der Waals surface area (Å²) in [7, 11) is 0. The molecule has 5 nitrogen and oxygen atoms in total. The number of hydrogen-bond donors (Lipinski definition) is 2. The number of anilines is 1. The number of H-pyrrole nitrogens is 1. The van der Waals surface area contributed by atoms with Crippen LogP contribution in [0.2, 0.25) is 0 Å². The summed E-state index contributed by atoms with van der Waals surface area (Å²) in [6, 6.07) is 23.0. The number of carbonyl (C=O) groups is 1. The predicted octanol–water partition coefficient (Wildman–Crippen LogP) is 4.71. The standard InChI is InChI=1S/C24H21N3O2S/c1-16-6-8-17(9-7-16)14-23(28)25-18-10-12-19(13-11-18)30-15-22-24(29)27-21-5-3-2-4-20(21)26-22/h2-13H,14-15H2,1H3,(H,25,28)(H,27,29). The fourth-order valence-corrected chi connectivity index (χ4v) is 3.88. The number of aryl methyl sites for hydroxylation is 1. The summed E-state index contributed by atoms with van der Waals surface area (Å²) in [4.78, 5) is 32.8. The molecule has 150 valence electrons. The maximum Gasteiger partial charge on any atom is 0.271 e.